The first-order valence-corrected chi connectivity index (χ1v) is 9.24. The largest absolute Gasteiger partial charge is 0.359 e. The van der Waals surface area contributed by atoms with E-state index in [2.05, 4.69) is 31.5 Å². The van der Waals surface area contributed by atoms with E-state index in [-0.39, 0.29) is 11.5 Å². The number of pyridine rings is 1. The number of anilines is 1. The summed E-state index contributed by atoms with van der Waals surface area (Å²) in [5.74, 6) is -0.728. The summed E-state index contributed by atoms with van der Waals surface area (Å²) in [7, 11) is 0. The summed E-state index contributed by atoms with van der Waals surface area (Å²) in [5, 5.41) is 6.32. The zero-order valence-electron chi connectivity index (χ0n) is 14.0. The normalized spacial score (nSPS) is 11.5. The van der Waals surface area contributed by atoms with E-state index in [1.807, 2.05) is 6.07 Å². The average molecular weight is 445 g/mol. The van der Waals surface area contributed by atoms with Crippen LogP contribution in [-0.4, -0.2) is 22.8 Å². The van der Waals surface area contributed by atoms with Crippen molar-refractivity contribution in [3.05, 3.63) is 93.7 Å². The van der Waals surface area contributed by atoms with Crippen LogP contribution < -0.4 is 10.6 Å². The molecule has 0 spiro atoms. The highest BCUT2D eigenvalue weighted by molar-refractivity contribution is 9.10. The Morgan fingerprint density at radius 3 is 2.30 bits per heavy atom. The molecule has 5 nitrogen and oxygen atoms in total. The van der Waals surface area contributed by atoms with Gasteiger partial charge in [0.15, 0.2) is 6.17 Å². The van der Waals surface area contributed by atoms with Crippen LogP contribution in [0.4, 0.5) is 5.69 Å². The smallest absolute Gasteiger partial charge is 0.271 e. The second-order valence-corrected chi connectivity index (χ2v) is 7.00. The fourth-order valence-corrected chi connectivity index (χ4v) is 2.72. The second kappa shape index (κ2) is 8.79. The molecule has 0 saturated carbocycles. The SMILES string of the molecule is O=C(NC(Nc1ccc(Cl)cc1)C(=O)c1ccccc1)c1ccc(Br)cn1. The molecule has 136 valence electrons. The van der Waals surface area contributed by atoms with Crippen molar-refractivity contribution in [2.24, 2.45) is 0 Å². The minimum Gasteiger partial charge on any atom is -0.359 e. The van der Waals surface area contributed by atoms with E-state index in [9.17, 15) is 9.59 Å². The number of amides is 1. The highest BCUT2D eigenvalue weighted by atomic mass is 79.9. The van der Waals surface area contributed by atoms with Gasteiger partial charge in [0.1, 0.15) is 5.69 Å². The fraction of sp³-hybridized carbons (Fsp3) is 0.0500. The van der Waals surface area contributed by atoms with Gasteiger partial charge in [-0.2, -0.15) is 0 Å². The number of nitrogens with one attached hydrogen (secondary N) is 2. The molecule has 1 aromatic heterocycles. The van der Waals surface area contributed by atoms with E-state index in [1.54, 1.807) is 60.7 Å². The number of carbonyl (C=O) groups is 2. The molecule has 0 bridgehead atoms. The summed E-state index contributed by atoms with van der Waals surface area (Å²) in [6.07, 6.45) is 0.557. The third kappa shape index (κ3) is 5.15. The Labute approximate surface area is 169 Å². The second-order valence-electron chi connectivity index (χ2n) is 5.65. The maximum atomic E-state index is 12.9. The highest BCUT2D eigenvalue weighted by Crippen LogP contribution is 2.16. The lowest BCUT2D eigenvalue weighted by molar-refractivity contribution is 0.0866. The number of carbonyl (C=O) groups excluding carboxylic acids is 2. The number of ketones is 1. The topological polar surface area (TPSA) is 71.1 Å². The van der Waals surface area contributed by atoms with Gasteiger partial charge in [-0.15, -0.1) is 0 Å². The molecule has 1 unspecified atom stereocenters. The standard InChI is InChI=1S/C20H15BrClN3O2/c21-14-6-11-17(23-12-14)20(27)25-19(18(26)13-4-2-1-3-5-13)24-16-9-7-15(22)8-10-16/h1-12,19,24H,(H,25,27). The lowest BCUT2D eigenvalue weighted by atomic mass is 10.1. The third-order valence-electron chi connectivity index (χ3n) is 3.71. The Balaban J connectivity index is 1.84. The van der Waals surface area contributed by atoms with Gasteiger partial charge in [-0.05, 0) is 52.3 Å². The van der Waals surface area contributed by atoms with Crippen LogP contribution in [-0.2, 0) is 0 Å². The summed E-state index contributed by atoms with van der Waals surface area (Å²) < 4.78 is 0.759. The summed E-state index contributed by atoms with van der Waals surface area (Å²) in [6, 6.07) is 18.9. The summed E-state index contributed by atoms with van der Waals surface area (Å²) in [6.45, 7) is 0. The predicted octanol–water partition coefficient (Wildman–Crippen LogP) is 4.55. The molecule has 7 heteroatoms. The molecule has 0 radical (unpaired) electrons. The maximum Gasteiger partial charge on any atom is 0.271 e. The summed E-state index contributed by atoms with van der Waals surface area (Å²) >= 11 is 9.19. The van der Waals surface area contributed by atoms with Crippen molar-refractivity contribution in [2.45, 2.75) is 6.17 Å². The Morgan fingerprint density at radius 1 is 0.963 bits per heavy atom. The molecule has 27 heavy (non-hydrogen) atoms. The maximum absolute atomic E-state index is 12.9. The number of rotatable bonds is 6. The van der Waals surface area contributed by atoms with Gasteiger partial charge >= 0.3 is 0 Å². The van der Waals surface area contributed by atoms with Gasteiger partial charge in [0.2, 0.25) is 5.78 Å². The number of Topliss-reactive ketones (excluding diaryl/α,β-unsaturated/α-hetero) is 1. The van der Waals surface area contributed by atoms with Crippen molar-refractivity contribution in [1.82, 2.24) is 10.3 Å². The number of hydrogen-bond donors (Lipinski definition) is 2. The zero-order valence-corrected chi connectivity index (χ0v) is 16.4. The molecule has 1 amide bonds. The van der Waals surface area contributed by atoms with Crippen molar-refractivity contribution in [1.29, 1.82) is 0 Å². The quantitative estimate of drug-likeness (QED) is 0.432. The van der Waals surface area contributed by atoms with Gasteiger partial charge in [-0.25, -0.2) is 4.98 Å². The Morgan fingerprint density at radius 2 is 1.67 bits per heavy atom. The van der Waals surface area contributed by atoms with Crippen LogP contribution in [0.2, 0.25) is 5.02 Å². The zero-order chi connectivity index (χ0) is 19.2. The minimum absolute atomic E-state index is 0.210. The van der Waals surface area contributed by atoms with Crippen LogP contribution >= 0.6 is 27.5 Å². The van der Waals surface area contributed by atoms with Crippen molar-refractivity contribution in [3.8, 4) is 0 Å². The van der Waals surface area contributed by atoms with Crippen LogP contribution in [0.3, 0.4) is 0 Å². The van der Waals surface area contributed by atoms with Gasteiger partial charge in [0.25, 0.3) is 5.91 Å². The van der Waals surface area contributed by atoms with Crippen molar-refractivity contribution >= 4 is 44.9 Å². The van der Waals surface area contributed by atoms with Gasteiger partial charge in [-0.3, -0.25) is 9.59 Å². The molecule has 0 saturated heterocycles. The molecule has 1 heterocycles. The molecule has 3 rings (SSSR count). The molecule has 0 aliphatic rings. The van der Waals surface area contributed by atoms with E-state index in [0.29, 0.717) is 16.3 Å². The first-order valence-electron chi connectivity index (χ1n) is 8.07. The van der Waals surface area contributed by atoms with E-state index in [0.717, 1.165) is 4.47 Å². The van der Waals surface area contributed by atoms with Crippen LogP contribution in [0.25, 0.3) is 0 Å². The van der Waals surface area contributed by atoms with Gasteiger partial charge in [0.05, 0.1) is 0 Å². The lowest BCUT2D eigenvalue weighted by Crippen LogP contribution is -2.46. The number of halogens is 2. The summed E-state index contributed by atoms with van der Waals surface area (Å²) in [4.78, 5) is 29.5. The van der Waals surface area contributed by atoms with Crippen LogP contribution in [0.1, 0.15) is 20.8 Å². The van der Waals surface area contributed by atoms with E-state index >= 15 is 0 Å². The number of hydrogen-bond acceptors (Lipinski definition) is 4. The Hall–Kier alpha value is -2.70. The van der Waals surface area contributed by atoms with Crippen molar-refractivity contribution in [3.63, 3.8) is 0 Å². The molecule has 3 aromatic rings. The van der Waals surface area contributed by atoms with E-state index < -0.39 is 12.1 Å². The van der Waals surface area contributed by atoms with Crippen molar-refractivity contribution in [2.75, 3.05) is 5.32 Å². The molecule has 0 fully saturated rings. The van der Waals surface area contributed by atoms with Crippen LogP contribution in [0.5, 0.6) is 0 Å². The Kier molecular flexibility index (Phi) is 6.21. The molecule has 0 aliphatic carbocycles. The van der Waals surface area contributed by atoms with Crippen LogP contribution in [0.15, 0.2) is 77.4 Å². The molecule has 0 aliphatic heterocycles. The number of nitrogens with zero attached hydrogens (tertiary/aromatic N) is 1. The van der Waals surface area contributed by atoms with Gasteiger partial charge < -0.3 is 10.6 Å². The molecule has 2 N–H and O–H groups in total. The van der Waals surface area contributed by atoms with Crippen LogP contribution in [0, 0.1) is 0 Å². The predicted molar refractivity (Wildman–Crippen MR) is 109 cm³/mol. The minimum atomic E-state index is -0.966. The third-order valence-corrected chi connectivity index (χ3v) is 4.43. The summed E-state index contributed by atoms with van der Waals surface area (Å²) in [5.41, 5.74) is 1.34. The van der Waals surface area contributed by atoms with E-state index in [1.165, 1.54) is 6.20 Å². The molecular formula is C20H15BrClN3O2. The lowest BCUT2D eigenvalue weighted by Gasteiger charge is -2.20. The van der Waals surface area contributed by atoms with Crippen molar-refractivity contribution < 1.29 is 9.59 Å². The van der Waals surface area contributed by atoms with Gasteiger partial charge in [-0.1, -0.05) is 41.9 Å². The highest BCUT2D eigenvalue weighted by Gasteiger charge is 2.23. The molecule has 2 aromatic carbocycles. The molecule has 1 atom stereocenters. The fourth-order valence-electron chi connectivity index (χ4n) is 2.36. The molecular weight excluding hydrogens is 430 g/mol. The van der Waals surface area contributed by atoms with E-state index in [4.69, 9.17) is 11.6 Å². The number of aromatic nitrogens is 1. The number of benzene rings is 2. The average Bonchev–Trinajstić information content (AvgIpc) is 2.69. The first-order chi connectivity index (χ1) is 13.0. The first kappa shape index (κ1) is 19.1. The van der Waals surface area contributed by atoms with Gasteiger partial charge in [0, 0.05) is 26.9 Å². The Bertz CT molecular complexity index is 932. The monoisotopic (exact) mass is 443 g/mol.